The maximum absolute atomic E-state index is 13.2. The Morgan fingerprint density at radius 1 is 0.966 bits per heavy atom. The van der Waals surface area contributed by atoms with Crippen LogP contribution in [0.1, 0.15) is 16.8 Å². The van der Waals surface area contributed by atoms with Crippen LogP contribution in [0.2, 0.25) is 0 Å². The number of para-hydroxylation sites is 1. The molecule has 2 N–H and O–H groups in total. The highest BCUT2D eigenvalue weighted by atomic mass is 19.4. The van der Waals surface area contributed by atoms with Crippen LogP contribution in [0.25, 0.3) is 16.7 Å². The summed E-state index contributed by atoms with van der Waals surface area (Å²) >= 11 is 0. The molecule has 2 aromatic carbocycles. The molecule has 0 unspecified atom stereocenters. The molecule has 148 valence electrons. The third-order valence-corrected chi connectivity index (χ3v) is 4.57. The normalized spacial score (nSPS) is 11.7. The maximum atomic E-state index is 13.2. The van der Waals surface area contributed by atoms with Gasteiger partial charge in [0.05, 0.1) is 28.0 Å². The molecule has 29 heavy (non-hydrogen) atoms. The first-order valence-electron chi connectivity index (χ1n) is 8.99. The zero-order valence-electron chi connectivity index (χ0n) is 15.5. The zero-order valence-corrected chi connectivity index (χ0v) is 15.5. The molecule has 0 saturated carbocycles. The van der Waals surface area contributed by atoms with Crippen molar-refractivity contribution in [3.05, 3.63) is 83.7 Å². The number of hydrogen-bond acceptors (Lipinski definition) is 4. The van der Waals surface area contributed by atoms with Crippen molar-refractivity contribution in [3.8, 4) is 5.69 Å². The predicted octanol–water partition coefficient (Wildman–Crippen LogP) is 4.86. The number of nitrogens with zero attached hydrogens (tertiary/aromatic N) is 3. The molecule has 0 atom stereocenters. The van der Waals surface area contributed by atoms with E-state index in [2.05, 4.69) is 20.9 Å². The van der Waals surface area contributed by atoms with Crippen molar-refractivity contribution in [1.82, 2.24) is 20.2 Å². The molecule has 8 heteroatoms. The van der Waals surface area contributed by atoms with Gasteiger partial charge in [-0.1, -0.05) is 36.4 Å². The van der Waals surface area contributed by atoms with Crippen molar-refractivity contribution in [2.45, 2.75) is 19.6 Å². The van der Waals surface area contributed by atoms with E-state index in [1.165, 1.54) is 12.1 Å². The molecule has 4 aromatic rings. The first-order chi connectivity index (χ1) is 13.9. The monoisotopic (exact) mass is 397 g/mol. The molecule has 0 bridgehead atoms. The van der Waals surface area contributed by atoms with Gasteiger partial charge in [0.2, 0.25) is 0 Å². The first-order valence-corrected chi connectivity index (χ1v) is 8.99. The fraction of sp³-hybridized carbons (Fsp3) is 0.143. The van der Waals surface area contributed by atoms with Crippen molar-refractivity contribution in [3.63, 3.8) is 0 Å². The highest BCUT2D eigenvalue weighted by Gasteiger charge is 2.32. The molecule has 5 nitrogen and oxygen atoms in total. The summed E-state index contributed by atoms with van der Waals surface area (Å²) in [5, 5.41) is 5.37. The van der Waals surface area contributed by atoms with Crippen LogP contribution in [0.3, 0.4) is 0 Å². The Balaban J connectivity index is 1.60. The average Bonchev–Trinajstić information content (AvgIpc) is 3.06. The summed E-state index contributed by atoms with van der Waals surface area (Å²) in [7, 11) is 0. The minimum atomic E-state index is -4.39. The number of hydrogen-bond donors (Lipinski definition) is 2. The first kappa shape index (κ1) is 18.9. The average molecular weight is 397 g/mol. The van der Waals surface area contributed by atoms with E-state index in [1.807, 2.05) is 37.3 Å². The van der Waals surface area contributed by atoms with E-state index < -0.39 is 11.7 Å². The molecule has 0 spiro atoms. The van der Waals surface area contributed by atoms with Gasteiger partial charge in [-0.2, -0.15) is 18.3 Å². The number of pyridine rings is 1. The van der Waals surface area contributed by atoms with Crippen LogP contribution in [0, 0.1) is 6.92 Å². The number of nitrogens with one attached hydrogen (secondary N) is 2. The number of halogens is 3. The van der Waals surface area contributed by atoms with Crippen molar-refractivity contribution in [2.24, 2.45) is 0 Å². The highest BCUT2D eigenvalue weighted by molar-refractivity contribution is 5.92. The summed E-state index contributed by atoms with van der Waals surface area (Å²) in [5.74, 6) is 0. The number of aromatic nitrogens is 3. The van der Waals surface area contributed by atoms with Crippen molar-refractivity contribution < 1.29 is 13.2 Å². The van der Waals surface area contributed by atoms with Gasteiger partial charge in [0.25, 0.3) is 0 Å². The van der Waals surface area contributed by atoms with Gasteiger partial charge in [-0.3, -0.25) is 0 Å². The van der Waals surface area contributed by atoms with Crippen LogP contribution < -0.4 is 10.9 Å². The van der Waals surface area contributed by atoms with Crippen LogP contribution in [0.4, 0.5) is 18.9 Å². The van der Waals surface area contributed by atoms with E-state index in [9.17, 15) is 13.2 Å². The van der Waals surface area contributed by atoms with E-state index in [4.69, 9.17) is 0 Å². The van der Waals surface area contributed by atoms with E-state index in [1.54, 1.807) is 23.0 Å². The number of anilines is 1. The van der Waals surface area contributed by atoms with Gasteiger partial charge in [0.1, 0.15) is 0 Å². The Bertz CT molecular complexity index is 1140. The molecule has 2 heterocycles. The Labute approximate surface area is 165 Å². The molecule has 0 amide bonds. The molecule has 4 rings (SSSR count). The van der Waals surface area contributed by atoms with E-state index in [-0.39, 0.29) is 12.1 Å². The largest absolute Gasteiger partial charge is 0.416 e. The Hall–Kier alpha value is -3.39. The molecule has 0 radical (unpaired) electrons. The van der Waals surface area contributed by atoms with E-state index in [0.29, 0.717) is 11.3 Å². The third-order valence-electron chi connectivity index (χ3n) is 4.57. The summed E-state index contributed by atoms with van der Waals surface area (Å²) in [4.78, 5) is 4.44. The topological polar surface area (TPSA) is 54.8 Å². The Morgan fingerprint density at radius 2 is 1.69 bits per heavy atom. The van der Waals surface area contributed by atoms with Gasteiger partial charge in [0.15, 0.2) is 5.65 Å². The fourth-order valence-electron chi connectivity index (χ4n) is 3.25. The number of alkyl halides is 3. The Kier molecular flexibility index (Phi) is 4.94. The van der Waals surface area contributed by atoms with E-state index >= 15 is 0 Å². The second-order valence-electron chi connectivity index (χ2n) is 6.52. The van der Waals surface area contributed by atoms with Gasteiger partial charge in [0, 0.05) is 12.7 Å². The van der Waals surface area contributed by atoms with Gasteiger partial charge in [-0.15, -0.1) is 0 Å². The molecule has 0 saturated heterocycles. The second kappa shape index (κ2) is 7.56. The zero-order chi connectivity index (χ0) is 20.4. The molecule has 0 fully saturated rings. The van der Waals surface area contributed by atoms with Gasteiger partial charge in [-0.25, -0.2) is 15.1 Å². The molecule has 2 aromatic heterocycles. The summed E-state index contributed by atoms with van der Waals surface area (Å²) in [6.07, 6.45) is -2.76. The molecule has 0 aliphatic rings. The van der Waals surface area contributed by atoms with Crippen LogP contribution in [0.15, 0.2) is 66.9 Å². The molecular weight excluding hydrogens is 379 g/mol. The number of benzene rings is 2. The number of fused-ring (bicyclic) bond motifs is 1. The van der Waals surface area contributed by atoms with Crippen LogP contribution >= 0.6 is 0 Å². The van der Waals surface area contributed by atoms with Crippen LogP contribution in [-0.4, -0.2) is 14.8 Å². The van der Waals surface area contributed by atoms with Gasteiger partial charge in [-0.05, 0) is 36.8 Å². The summed E-state index contributed by atoms with van der Waals surface area (Å²) in [6, 6.07) is 16.9. The lowest BCUT2D eigenvalue weighted by Crippen LogP contribution is -2.23. The number of rotatable bonds is 5. The molecule has 0 aliphatic carbocycles. The highest BCUT2D eigenvalue weighted by Crippen LogP contribution is 2.32. The van der Waals surface area contributed by atoms with Gasteiger partial charge < -0.3 is 5.43 Å². The predicted molar refractivity (Wildman–Crippen MR) is 106 cm³/mol. The second-order valence-corrected chi connectivity index (χ2v) is 6.52. The lowest BCUT2D eigenvalue weighted by molar-refractivity contribution is -0.138. The summed E-state index contributed by atoms with van der Waals surface area (Å²) in [6.45, 7) is 1.87. The number of hydrazine groups is 1. The van der Waals surface area contributed by atoms with Crippen LogP contribution in [0.5, 0.6) is 0 Å². The Morgan fingerprint density at radius 3 is 2.45 bits per heavy atom. The van der Waals surface area contributed by atoms with Gasteiger partial charge >= 0.3 is 6.18 Å². The maximum Gasteiger partial charge on any atom is 0.416 e. The van der Waals surface area contributed by atoms with Crippen LogP contribution in [-0.2, 0) is 12.7 Å². The minimum Gasteiger partial charge on any atom is -0.320 e. The minimum absolute atomic E-state index is 0.00533. The smallest absolute Gasteiger partial charge is 0.320 e. The lowest BCUT2D eigenvalue weighted by Gasteiger charge is -2.14. The lowest BCUT2D eigenvalue weighted by atomic mass is 10.1. The standard InChI is InChI=1S/C21H18F3N5/c1-14-19-18(27-26-13-15-7-5-6-10-17(15)21(22,23)24)11-12-25-20(19)29(28-14)16-8-3-2-4-9-16/h2-12,26H,13H2,1H3,(H,25,27). The number of aryl methyl sites for hydroxylation is 1. The van der Waals surface area contributed by atoms with Crippen molar-refractivity contribution >= 4 is 16.7 Å². The fourth-order valence-corrected chi connectivity index (χ4v) is 3.25. The molecule has 0 aliphatic heterocycles. The van der Waals surface area contributed by atoms with Crippen molar-refractivity contribution in [1.29, 1.82) is 0 Å². The summed E-state index contributed by atoms with van der Waals surface area (Å²) in [5.41, 5.74) is 8.40. The summed E-state index contributed by atoms with van der Waals surface area (Å²) < 4.78 is 41.2. The van der Waals surface area contributed by atoms with E-state index in [0.717, 1.165) is 22.8 Å². The quantitative estimate of drug-likeness (QED) is 0.472. The SMILES string of the molecule is Cc1nn(-c2ccccc2)c2nccc(NNCc3ccccc3C(F)(F)F)c12. The molecular formula is C21H18F3N5. The third kappa shape index (κ3) is 3.79. The van der Waals surface area contributed by atoms with Crippen molar-refractivity contribution in [2.75, 3.05) is 5.43 Å².